The van der Waals surface area contributed by atoms with Crippen LogP contribution in [0.1, 0.15) is 41.9 Å². The Kier molecular flexibility index (Phi) is 4.42. The third-order valence-corrected chi connectivity index (χ3v) is 6.17. The second-order valence-electron chi connectivity index (χ2n) is 7.54. The number of nitrogens with zero attached hydrogens (tertiary/aromatic N) is 2. The molecule has 7 heteroatoms. The van der Waals surface area contributed by atoms with E-state index in [4.69, 9.17) is 0 Å². The smallest absolute Gasteiger partial charge is 0.254 e. The molecule has 0 bridgehead atoms. The summed E-state index contributed by atoms with van der Waals surface area (Å²) in [5.74, 6) is -1.57. The Morgan fingerprint density at radius 2 is 2.11 bits per heavy atom. The maximum atomic E-state index is 15.2. The van der Waals surface area contributed by atoms with Crippen molar-refractivity contribution in [2.75, 3.05) is 0 Å². The van der Waals surface area contributed by atoms with Gasteiger partial charge < -0.3 is 0 Å². The van der Waals surface area contributed by atoms with Crippen LogP contribution in [0.2, 0.25) is 0 Å². The van der Waals surface area contributed by atoms with Gasteiger partial charge in [0, 0.05) is 7.05 Å². The largest absolute Gasteiger partial charge is 0.289 e. The predicted molar refractivity (Wildman–Crippen MR) is 100 cm³/mol. The maximum absolute atomic E-state index is 15.2. The molecule has 0 radical (unpaired) electrons. The van der Waals surface area contributed by atoms with Crippen molar-refractivity contribution in [2.45, 2.75) is 37.5 Å². The lowest BCUT2D eigenvalue weighted by molar-refractivity contribution is -0.135. The van der Waals surface area contributed by atoms with Gasteiger partial charge in [0.05, 0.1) is 22.5 Å². The average molecular weight is 385 g/mol. The number of halogens is 2. The number of carbonyl (C=O) groups excluding carboxylic acids is 1. The lowest BCUT2D eigenvalue weighted by Crippen LogP contribution is -2.42. The topological polar surface area (TPSA) is 67.2 Å². The van der Waals surface area contributed by atoms with Crippen LogP contribution in [-0.2, 0) is 17.3 Å². The number of aryl methyl sites for hydroxylation is 1. The number of amides is 1. The third kappa shape index (κ3) is 2.61. The Bertz CT molecular complexity index is 1080. The average Bonchev–Trinajstić information content (AvgIpc) is 3.29. The van der Waals surface area contributed by atoms with Crippen LogP contribution in [0.15, 0.2) is 36.5 Å². The first-order valence-corrected chi connectivity index (χ1v) is 9.19. The highest BCUT2D eigenvalue weighted by Crippen LogP contribution is 2.50. The first-order valence-electron chi connectivity index (χ1n) is 9.19. The molecule has 0 saturated heterocycles. The fourth-order valence-corrected chi connectivity index (χ4v) is 4.64. The van der Waals surface area contributed by atoms with Crippen LogP contribution < -0.4 is 5.48 Å². The second-order valence-corrected chi connectivity index (χ2v) is 7.54. The fraction of sp³-hybridized carbons (Fsp3) is 0.333. The molecule has 4 rings (SSSR count). The SMILES string of the molecule is Cc1c(F)cccc1[C@]1(C(=O)NO)CC[C@H](c2ccc3c(cnn3C)c2F)C1. The van der Waals surface area contributed by atoms with Crippen LogP contribution in [-0.4, -0.2) is 20.9 Å². The van der Waals surface area contributed by atoms with Crippen LogP contribution >= 0.6 is 0 Å². The highest BCUT2D eigenvalue weighted by atomic mass is 19.1. The van der Waals surface area contributed by atoms with Gasteiger partial charge in [0.1, 0.15) is 11.6 Å². The van der Waals surface area contributed by atoms with Crippen LogP contribution in [0.5, 0.6) is 0 Å². The summed E-state index contributed by atoms with van der Waals surface area (Å²) >= 11 is 0. The summed E-state index contributed by atoms with van der Waals surface area (Å²) in [6, 6.07) is 8.15. The van der Waals surface area contributed by atoms with E-state index in [0.29, 0.717) is 40.4 Å². The molecule has 1 aliphatic rings. The molecule has 1 amide bonds. The van der Waals surface area contributed by atoms with Crippen molar-refractivity contribution in [2.24, 2.45) is 7.05 Å². The first-order chi connectivity index (χ1) is 13.4. The molecule has 2 N–H and O–H groups in total. The zero-order valence-corrected chi connectivity index (χ0v) is 15.7. The Balaban J connectivity index is 1.79. The summed E-state index contributed by atoms with van der Waals surface area (Å²) in [6.07, 6.45) is 2.71. The number of benzene rings is 2. The van der Waals surface area contributed by atoms with E-state index >= 15 is 4.39 Å². The Hall–Kier alpha value is -2.80. The van der Waals surface area contributed by atoms with E-state index in [-0.39, 0.29) is 18.2 Å². The molecule has 1 heterocycles. The molecular weight excluding hydrogens is 364 g/mol. The van der Waals surface area contributed by atoms with Gasteiger partial charge in [0.2, 0.25) is 0 Å². The third-order valence-electron chi connectivity index (χ3n) is 6.17. The zero-order valence-electron chi connectivity index (χ0n) is 15.7. The Morgan fingerprint density at radius 3 is 2.86 bits per heavy atom. The zero-order chi connectivity index (χ0) is 20.1. The molecule has 0 aliphatic heterocycles. The van der Waals surface area contributed by atoms with Crippen molar-refractivity contribution in [1.29, 1.82) is 0 Å². The second kappa shape index (κ2) is 6.67. The summed E-state index contributed by atoms with van der Waals surface area (Å²) in [4.78, 5) is 12.7. The van der Waals surface area contributed by atoms with Crippen LogP contribution in [0.3, 0.4) is 0 Å². The molecule has 0 spiro atoms. The number of rotatable bonds is 3. The standard InChI is InChI=1S/C21H21F2N3O2/c1-12-16(4-3-5-17(12)22)21(20(27)25-28)9-8-13(10-21)14-6-7-18-15(19(14)23)11-24-26(18)2/h3-7,11,13,28H,8-10H2,1-2H3,(H,25,27)/t13-,21-/m0/s1. The molecule has 2 atom stereocenters. The number of fused-ring (bicyclic) bond motifs is 1. The predicted octanol–water partition coefficient (Wildman–Crippen LogP) is 3.87. The Labute approximate surface area is 160 Å². The molecule has 28 heavy (non-hydrogen) atoms. The van der Waals surface area contributed by atoms with Gasteiger partial charge in [0.25, 0.3) is 5.91 Å². The van der Waals surface area contributed by atoms with Gasteiger partial charge in [-0.3, -0.25) is 14.7 Å². The summed E-state index contributed by atoms with van der Waals surface area (Å²) in [6.45, 7) is 1.62. The van der Waals surface area contributed by atoms with Crippen molar-refractivity contribution in [3.63, 3.8) is 0 Å². The molecule has 3 aromatic rings. The van der Waals surface area contributed by atoms with E-state index in [1.54, 1.807) is 42.3 Å². The van der Waals surface area contributed by atoms with Gasteiger partial charge in [-0.15, -0.1) is 0 Å². The lowest BCUT2D eigenvalue weighted by atomic mass is 9.75. The van der Waals surface area contributed by atoms with Crippen molar-refractivity contribution in [3.8, 4) is 0 Å². The molecule has 1 aliphatic carbocycles. The highest BCUT2D eigenvalue weighted by Gasteiger charge is 2.48. The van der Waals surface area contributed by atoms with Crippen LogP contribution in [0, 0.1) is 18.6 Å². The molecule has 0 unspecified atom stereocenters. The number of carbonyl (C=O) groups is 1. The molecule has 1 fully saturated rings. The van der Waals surface area contributed by atoms with Gasteiger partial charge >= 0.3 is 0 Å². The molecule has 1 saturated carbocycles. The minimum Gasteiger partial charge on any atom is -0.289 e. The molecule has 5 nitrogen and oxygen atoms in total. The van der Waals surface area contributed by atoms with Crippen molar-refractivity contribution < 1.29 is 18.8 Å². The normalized spacial score (nSPS) is 22.0. The van der Waals surface area contributed by atoms with Crippen LogP contribution in [0.4, 0.5) is 8.78 Å². The van der Waals surface area contributed by atoms with Crippen LogP contribution in [0.25, 0.3) is 10.9 Å². The van der Waals surface area contributed by atoms with Gasteiger partial charge in [-0.1, -0.05) is 18.2 Å². The first kappa shape index (κ1) is 18.6. The maximum Gasteiger partial charge on any atom is 0.254 e. The number of hydroxylamine groups is 1. The minimum absolute atomic E-state index is 0.232. The summed E-state index contributed by atoms with van der Waals surface area (Å²) in [5, 5.41) is 13.9. The van der Waals surface area contributed by atoms with Gasteiger partial charge in [0.15, 0.2) is 0 Å². The number of hydrogen-bond donors (Lipinski definition) is 2. The number of hydrogen-bond acceptors (Lipinski definition) is 3. The highest BCUT2D eigenvalue weighted by molar-refractivity contribution is 5.88. The van der Waals surface area contributed by atoms with E-state index in [1.165, 1.54) is 12.3 Å². The van der Waals surface area contributed by atoms with Gasteiger partial charge in [-0.2, -0.15) is 5.10 Å². The molecule has 146 valence electrons. The quantitative estimate of drug-likeness (QED) is 0.531. The molecule has 1 aromatic heterocycles. The summed E-state index contributed by atoms with van der Waals surface area (Å²) < 4.78 is 30.9. The van der Waals surface area contributed by atoms with Crippen molar-refractivity contribution in [1.82, 2.24) is 15.3 Å². The van der Waals surface area contributed by atoms with E-state index < -0.39 is 17.1 Å². The van der Waals surface area contributed by atoms with E-state index in [0.717, 1.165) is 0 Å². The van der Waals surface area contributed by atoms with Crippen molar-refractivity contribution in [3.05, 3.63) is 64.9 Å². The van der Waals surface area contributed by atoms with E-state index in [1.807, 2.05) is 6.07 Å². The van der Waals surface area contributed by atoms with Gasteiger partial charge in [-0.05, 0) is 60.9 Å². The van der Waals surface area contributed by atoms with E-state index in [9.17, 15) is 14.4 Å². The number of nitrogens with one attached hydrogen (secondary N) is 1. The number of aromatic nitrogens is 2. The molecule has 2 aromatic carbocycles. The van der Waals surface area contributed by atoms with E-state index in [2.05, 4.69) is 5.10 Å². The minimum atomic E-state index is -1.11. The molecular formula is C21H21F2N3O2. The monoisotopic (exact) mass is 385 g/mol. The van der Waals surface area contributed by atoms with Gasteiger partial charge in [-0.25, -0.2) is 14.3 Å². The fourth-order valence-electron chi connectivity index (χ4n) is 4.64. The summed E-state index contributed by atoms with van der Waals surface area (Å²) in [5.41, 5.74) is 2.75. The van der Waals surface area contributed by atoms with Crippen molar-refractivity contribution >= 4 is 16.8 Å². The Morgan fingerprint density at radius 1 is 1.32 bits per heavy atom. The lowest BCUT2D eigenvalue weighted by Gasteiger charge is -2.29. The summed E-state index contributed by atoms with van der Waals surface area (Å²) in [7, 11) is 1.75.